The van der Waals surface area contributed by atoms with Crippen LogP contribution in [0.2, 0.25) is 0 Å². The van der Waals surface area contributed by atoms with E-state index in [9.17, 15) is 18.0 Å². The molecular formula is C17H20F3N3O2S. The monoisotopic (exact) mass is 387 g/mol. The number of hydrogen-bond donors (Lipinski definition) is 2. The van der Waals surface area contributed by atoms with E-state index in [0.717, 1.165) is 6.54 Å². The molecule has 1 fully saturated rings. The average Bonchev–Trinajstić information content (AvgIpc) is 3.15. The van der Waals surface area contributed by atoms with Gasteiger partial charge in [0.05, 0.1) is 6.20 Å². The van der Waals surface area contributed by atoms with Gasteiger partial charge in [0.15, 0.2) is 5.01 Å². The van der Waals surface area contributed by atoms with E-state index in [1.165, 1.54) is 37.7 Å². The summed E-state index contributed by atoms with van der Waals surface area (Å²) in [5.41, 5.74) is 7.51. The molecule has 2 aromatic heterocycles. The first-order valence-electron chi connectivity index (χ1n) is 8.15. The fraction of sp³-hybridized carbons (Fsp3) is 0.471. The average molecular weight is 387 g/mol. The van der Waals surface area contributed by atoms with Crippen LogP contribution < -0.4 is 5.73 Å². The minimum Gasteiger partial charge on any atom is -0.477 e. The molecule has 26 heavy (non-hydrogen) atoms. The Balaban J connectivity index is 0.000000190. The number of alkyl halides is 3. The first kappa shape index (κ1) is 20.3. The number of thiazole rings is 1. The van der Waals surface area contributed by atoms with Gasteiger partial charge in [0.2, 0.25) is 0 Å². The first-order valence-corrected chi connectivity index (χ1v) is 8.97. The van der Waals surface area contributed by atoms with Crippen LogP contribution in [0.1, 0.15) is 52.3 Å². The fourth-order valence-corrected chi connectivity index (χ4v) is 3.64. The normalized spacial score (nSPS) is 16.5. The van der Waals surface area contributed by atoms with Crippen LogP contribution >= 0.6 is 11.3 Å². The number of halogens is 3. The van der Waals surface area contributed by atoms with E-state index in [4.69, 9.17) is 10.8 Å². The second-order valence-corrected chi connectivity index (χ2v) is 7.15. The Hall–Kier alpha value is -2.00. The molecule has 142 valence electrons. The van der Waals surface area contributed by atoms with Crippen LogP contribution in [0, 0.1) is 0 Å². The van der Waals surface area contributed by atoms with Crippen molar-refractivity contribution in [3.8, 4) is 0 Å². The third-order valence-electron chi connectivity index (χ3n) is 4.43. The summed E-state index contributed by atoms with van der Waals surface area (Å²) in [4.78, 5) is 16.8. The molecule has 1 aliphatic rings. The number of hydrogen-bond acceptors (Lipinski definition) is 5. The zero-order valence-electron chi connectivity index (χ0n) is 14.0. The quantitative estimate of drug-likeness (QED) is 0.828. The number of nitrogens with zero attached hydrogens (tertiary/aromatic N) is 2. The molecule has 0 atom stereocenters. The van der Waals surface area contributed by atoms with Gasteiger partial charge in [0, 0.05) is 24.4 Å². The van der Waals surface area contributed by atoms with Gasteiger partial charge in [-0.05, 0) is 24.5 Å². The second-order valence-electron chi connectivity index (χ2n) is 6.12. The predicted molar refractivity (Wildman–Crippen MR) is 92.1 cm³/mol. The van der Waals surface area contributed by atoms with Crippen LogP contribution in [-0.2, 0) is 11.6 Å². The maximum Gasteiger partial charge on any atom is 0.443 e. The molecule has 3 N–H and O–H groups in total. The number of aromatic nitrogens is 2. The summed E-state index contributed by atoms with van der Waals surface area (Å²) in [6.45, 7) is 0.763. The van der Waals surface area contributed by atoms with Gasteiger partial charge in [-0.1, -0.05) is 25.3 Å². The Morgan fingerprint density at radius 3 is 2.38 bits per heavy atom. The molecule has 0 unspecified atom stereocenters. The summed E-state index contributed by atoms with van der Waals surface area (Å²) < 4.78 is 35.5. The van der Waals surface area contributed by atoms with Crippen LogP contribution in [0.5, 0.6) is 0 Å². The highest BCUT2D eigenvalue weighted by molar-refractivity contribution is 7.13. The molecule has 2 heterocycles. The van der Waals surface area contributed by atoms with E-state index in [2.05, 4.69) is 16.0 Å². The molecule has 1 aliphatic carbocycles. The molecule has 0 aliphatic heterocycles. The van der Waals surface area contributed by atoms with Crippen LogP contribution in [0.3, 0.4) is 0 Å². The zero-order chi connectivity index (χ0) is 19.2. The van der Waals surface area contributed by atoms with Crippen LogP contribution in [0.15, 0.2) is 30.7 Å². The number of carbonyl (C=O) groups is 1. The van der Waals surface area contributed by atoms with Crippen molar-refractivity contribution < 1.29 is 23.1 Å². The lowest BCUT2D eigenvalue weighted by molar-refractivity contribution is -0.137. The van der Waals surface area contributed by atoms with E-state index >= 15 is 0 Å². The molecule has 0 bridgehead atoms. The predicted octanol–water partition coefficient (Wildman–Crippen LogP) is 4.10. The molecular weight excluding hydrogens is 367 g/mol. The summed E-state index contributed by atoms with van der Waals surface area (Å²) in [7, 11) is 0. The van der Waals surface area contributed by atoms with Gasteiger partial charge in [0.1, 0.15) is 4.88 Å². The molecule has 9 heteroatoms. The number of pyridine rings is 1. The van der Waals surface area contributed by atoms with E-state index < -0.39 is 22.0 Å². The lowest BCUT2D eigenvalue weighted by Crippen LogP contribution is -2.37. The minimum absolute atomic E-state index is 0.112. The molecule has 0 aromatic carbocycles. The summed E-state index contributed by atoms with van der Waals surface area (Å²) in [5, 5.41) is 7.13. The Labute approximate surface area is 153 Å². The van der Waals surface area contributed by atoms with Gasteiger partial charge >= 0.3 is 12.1 Å². The number of aromatic carboxylic acids is 1. The number of carboxylic acid groups (broad SMARTS) is 1. The van der Waals surface area contributed by atoms with Crippen LogP contribution in [0.4, 0.5) is 13.2 Å². The molecule has 5 nitrogen and oxygen atoms in total. The second kappa shape index (κ2) is 8.59. The van der Waals surface area contributed by atoms with Gasteiger partial charge < -0.3 is 10.8 Å². The standard InChI is InChI=1S/C12H18N2.C5H2F3NO2S/c13-10-12(6-2-1-3-7-12)11-5-4-8-14-9-11;6-5(7,8)4-9-1-2(12-4)3(10)11/h4-5,8-9H,1-3,6-7,10,13H2;1H,(H,10,11). The van der Waals surface area contributed by atoms with Gasteiger partial charge in [-0.3, -0.25) is 4.98 Å². The maximum atomic E-state index is 11.8. The van der Waals surface area contributed by atoms with Crippen molar-refractivity contribution in [3.05, 3.63) is 46.2 Å². The van der Waals surface area contributed by atoms with Gasteiger partial charge in [-0.25, -0.2) is 9.78 Å². The number of carboxylic acids is 1. The first-order chi connectivity index (χ1) is 12.3. The molecule has 0 spiro atoms. The molecule has 3 rings (SSSR count). The topological polar surface area (TPSA) is 89.1 Å². The van der Waals surface area contributed by atoms with Crippen molar-refractivity contribution >= 4 is 17.3 Å². The van der Waals surface area contributed by atoms with Crippen molar-refractivity contribution in [1.29, 1.82) is 0 Å². The zero-order valence-corrected chi connectivity index (χ0v) is 14.8. The van der Waals surface area contributed by atoms with Gasteiger partial charge in [0.25, 0.3) is 0 Å². The molecule has 0 amide bonds. The molecule has 0 radical (unpaired) electrons. The maximum absolute atomic E-state index is 11.8. The van der Waals surface area contributed by atoms with Crippen molar-refractivity contribution in [2.45, 2.75) is 43.7 Å². The molecule has 0 saturated heterocycles. The Morgan fingerprint density at radius 2 is 1.96 bits per heavy atom. The van der Waals surface area contributed by atoms with Crippen LogP contribution in [0.25, 0.3) is 0 Å². The largest absolute Gasteiger partial charge is 0.477 e. The summed E-state index contributed by atoms with van der Waals surface area (Å²) >= 11 is 0.112. The molecule has 2 aromatic rings. The minimum atomic E-state index is -4.56. The van der Waals surface area contributed by atoms with E-state index in [1.54, 1.807) is 0 Å². The van der Waals surface area contributed by atoms with E-state index in [1.807, 2.05) is 18.5 Å². The van der Waals surface area contributed by atoms with Crippen molar-refractivity contribution in [1.82, 2.24) is 9.97 Å². The van der Waals surface area contributed by atoms with Crippen molar-refractivity contribution in [3.63, 3.8) is 0 Å². The third kappa shape index (κ3) is 5.01. The highest BCUT2D eigenvalue weighted by atomic mass is 32.1. The summed E-state index contributed by atoms with van der Waals surface area (Å²) in [5.74, 6) is -1.40. The third-order valence-corrected chi connectivity index (χ3v) is 5.46. The molecule has 1 saturated carbocycles. The van der Waals surface area contributed by atoms with Gasteiger partial charge in [-0.2, -0.15) is 13.2 Å². The Morgan fingerprint density at radius 1 is 1.27 bits per heavy atom. The number of rotatable bonds is 3. The SMILES string of the molecule is NCC1(c2cccnc2)CCCCC1.O=C(O)c1cnc(C(F)(F)F)s1. The van der Waals surface area contributed by atoms with E-state index in [0.29, 0.717) is 6.20 Å². The summed E-state index contributed by atoms with van der Waals surface area (Å²) in [6, 6.07) is 4.19. The lowest BCUT2D eigenvalue weighted by atomic mass is 9.70. The van der Waals surface area contributed by atoms with Crippen molar-refractivity contribution in [2.75, 3.05) is 6.54 Å². The fourth-order valence-electron chi connectivity index (χ4n) is 3.02. The Kier molecular flexibility index (Phi) is 6.71. The lowest BCUT2D eigenvalue weighted by Gasteiger charge is -2.36. The Bertz CT molecular complexity index is 714. The smallest absolute Gasteiger partial charge is 0.443 e. The van der Waals surface area contributed by atoms with Crippen LogP contribution in [-0.4, -0.2) is 27.6 Å². The van der Waals surface area contributed by atoms with Crippen molar-refractivity contribution in [2.24, 2.45) is 5.73 Å². The summed E-state index contributed by atoms with van der Waals surface area (Å²) in [6.07, 6.45) is 6.40. The number of nitrogens with two attached hydrogens (primary N) is 1. The van der Waals surface area contributed by atoms with Gasteiger partial charge in [-0.15, -0.1) is 11.3 Å². The highest BCUT2D eigenvalue weighted by Gasteiger charge is 2.35. The highest BCUT2D eigenvalue weighted by Crippen LogP contribution is 2.38. The van der Waals surface area contributed by atoms with E-state index in [-0.39, 0.29) is 16.8 Å².